The molecular weight excluding hydrogens is 284 g/mol. The fraction of sp³-hybridized carbons (Fsp3) is 0.647. The highest BCUT2D eigenvalue weighted by Gasteiger charge is 2.48. The van der Waals surface area contributed by atoms with Gasteiger partial charge in [0.05, 0.1) is 26.9 Å². The lowest BCUT2D eigenvalue weighted by Gasteiger charge is -2.21. The fourth-order valence-electron chi connectivity index (χ4n) is 3.19. The average Bonchev–Trinajstić information content (AvgIpc) is 3.15. The molecule has 2 atom stereocenters. The van der Waals surface area contributed by atoms with Crippen molar-refractivity contribution in [2.75, 3.05) is 20.3 Å². The molecule has 1 aliphatic carbocycles. The number of hydrogen-bond acceptors (Lipinski definition) is 5. The van der Waals surface area contributed by atoms with Crippen LogP contribution in [0, 0.1) is 0 Å². The number of hydrogen-bond donors (Lipinski definition) is 1. The Morgan fingerprint density at radius 1 is 1.14 bits per heavy atom. The molecule has 1 aromatic carbocycles. The van der Waals surface area contributed by atoms with Gasteiger partial charge in [-0.3, -0.25) is 0 Å². The summed E-state index contributed by atoms with van der Waals surface area (Å²) >= 11 is 0. The third-order valence-electron chi connectivity index (χ3n) is 4.40. The lowest BCUT2D eigenvalue weighted by molar-refractivity contribution is -0.175. The number of ether oxygens (including phenoxy) is 4. The van der Waals surface area contributed by atoms with E-state index < -0.39 is 5.79 Å². The van der Waals surface area contributed by atoms with Gasteiger partial charge in [-0.15, -0.1) is 0 Å². The van der Waals surface area contributed by atoms with Gasteiger partial charge in [0.25, 0.3) is 0 Å². The van der Waals surface area contributed by atoms with Crippen LogP contribution in [0.3, 0.4) is 0 Å². The molecular formula is C17H24O5. The minimum Gasteiger partial charge on any atom is -0.497 e. The third kappa shape index (κ3) is 3.43. The third-order valence-corrected chi connectivity index (χ3v) is 4.40. The molecule has 1 spiro atoms. The molecule has 122 valence electrons. The van der Waals surface area contributed by atoms with Crippen LogP contribution < -0.4 is 4.74 Å². The van der Waals surface area contributed by atoms with E-state index in [9.17, 15) is 5.11 Å². The standard InChI is InChI=1S/C17H24O5/c1-19-14-6-4-13(5-7-14)11-20-12-16-15(10-18)21-17(22-16)8-2-3-9-17/h4-7,15-16,18H,2-3,8-12H2,1H3/t15-,16-/m1/s1. The van der Waals surface area contributed by atoms with E-state index in [2.05, 4.69) is 0 Å². The van der Waals surface area contributed by atoms with Crippen LogP contribution >= 0.6 is 0 Å². The van der Waals surface area contributed by atoms with Crippen LogP contribution in [0.5, 0.6) is 5.75 Å². The summed E-state index contributed by atoms with van der Waals surface area (Å²) in [6.45, 7) is 0.909. The molecule has 3 rings (SSSR count). The van der Waals surface area contributed by atoms with Crippen molar-refractivity contribution in [3.05, 3.63) is 29.8 Å². The summed E-state index contributed by atoms with van der Waals surface area (Å²) in [4.78, 5) is 0. The van der Waals surface area contributed by atoms with Crippen LogP contribution in [0.15, 0.2) is 24.3 Å². The lowest BCUT2D eigenvalue weighted by Crippen LogP contribution is -2.30. The summed E-state index contributed by atoms with van der Waals surface area (Å²) < 4.78 is 22.9. The highest BCUT2D eigenvalue weighted by atomic mass is 16.8. The molecule has 1 saturated heterocycles. The predicted molar refractivity (Wildman–Crippen MR) is 80.7 cm³/mol. The van der Waals surface area contributed by atoms with E-state index >= 15 is 0 Å². The molecule has 2 aliphatic rings. The summed E-state index contributed by atoms with van der Waals surface area (Å²) in [7, 11) is 1.65. The molecule has 1 aromatic rings. The molecule has 0 amide bonds. The number of aliphatic hydroxyl groups excluding tert-OH is 1. The Morgan fingerprint density at radius 3 is 2.45 bits per heavy atom. The first-order valence-electron chi connectivity index (χ1n) is 7.92. The van der Waals surface area contributed by atoms with Crippen molar-refractivity contribution >= 4 is 0 Å². The van der Waals surface area contributed by atoms with Crippen LogP contribution in [-0.4, -0.2) is 43.4 Å². The van der Waals surface area contributed by atoms with E-state index in [0.29, 0.717) is 13.2 Å². The molecule has 0 radical (unpaired) electrons. The Labute approximate surface area is 131 Å². The smallest absolute Gasteiger partial charge is 0.169 e. The van der Waals surface area contributed by atoms with Gasteiger partial charge in [-0.1, -0.05) is 12.1 Å². The van der Waals surface area contributed by atoms with Crippen LogP contribution in [-0.2, 0) is 20.8 Å². The second-order valence-electron chi connectivity index (χ2n) is 5.98. The molecule has 22 heavy (non-hydrogen) atoms. The first-order chi connectivity index (χ1) is 10.7. The maximum Gasteiger partial charge on any atom is 0.169 e. The summed E-state index contributed by atoms with van der Waals surface area (Å²) in [5, 5.41) is 9.48. The highest BCUT2D eigenvalue weighted by Crippen LogP contribution is 2.41. The fourth-order valence-corrected chi connectivity index (χ4v) is 3.19. The van der Waals surface area contributed by atoms with Gasteiger partial charge in [-0.25, -0.2) is 0 Å². The first-order valence-corrected chi connectivity index (χ1v) is 7.92. The molecule has 5 nitrogen and oxygen atoms in total. The number of methoxy groups -OCH3 is 1. The Hall–Kier alpha value is -1.14. The zero-order chi connectivity index (χ0) is 15.4. The highest BCUT2D eigenvalue weighted by molar-refractivity contribution is 5.26. The lowest BCUT2D eigenvalue weighted by atomic mass is 10.2. The van der Waals surface area contributed by atoms with Crippen molar-refractivity contribution in [1.82, 2.24) is 0 Å². The molecule has 0 unspecified atom stereocenters. The van der Waals surface area contributed by atoms with Gasteiger partial charge in [0.15, 0.2) is 5.79 Å². The van der Waals surface area contributed by atoms with Gasteiger partial charge in [0, 0.05) is 12.8 Å². The Morgan fingerprint density at radius 2 is 1.82 bits per heavy atom. The summed E-state index contributed by atoms with van der Waals surface area (Å²) in [5.74, 6) is 0.362. The van der Waals surface area contributed by atoms with Crippen LogP contribution in [0.25, 0.3) is 0 Å². The monoisotopic (exact) mass is 308 g/mol. The Bertz CT molecular complexity index is 466. The van der Waals surface area contributed by atoms with Crippen molar-refractivity contribution in [1.29, 1.82) is 0 Å². The zero-order valence-corrected chi connectivity index (χ0v) is 13.0. The van der Waals surface area contributed by atoms with E-state index in [1.54, 1.807) is 7.11 Å². The quantitative estimate of drug-likeness (QED) is 0.873. The number of benzene rings is 1. The zero-order valence-electron chi connectivity index (χ0n) is 13.0. The Kier molecular flexibility index (Phi) is 4.98. The van der Waals surface area contributed by atoms with Crippen LogP contribution in [0.2, 0.25) is 0 Å². The Balaban J connectivity index is 1.49. The minimum atomic E-state index is -0.471. The van der Waals surface area contributed by atoms with E-state index in [4.69, 9.17) is 18.9 Å². The second-order valence-corrected chi connectivity index (χ2v) is 5.98. The van der Waals surface area contributed by atoms with E-state index in [-0.39, 0.29) is 18.8 Å². The van der Waals surface area contributed by atoms with E-state index in [1.165, 1.54) is 0 Å². The molecule has 5 heteroatoms. The largest absolute Gasteiger partial charge is 0.497 e. The van der Waals surface area contributed by atoms with Gasteiger partial charge in [0.1, 0.15) is 18.0 Å². The summed E-state index contributed by atoms with van der Waals surface area (Å²) in [5.41, 5.74) is 1.08. The average molecular weight is 308 g/mol. The summed E-state index contributed by atoms with van der Waals surface area (Å²) in [6.07, 6.45) is 3.60. The molecule has 1 saturated carbocycles. The normalized spacial score (nSPS) is 26.6. The van der Waals surface area contributed by atoms with Crippen molar-refractivity contribution in [2.45, 2.75) is 50.3 Å². The van der Waals surface area contributed by atoms with Crippen molar-refractivity contribution < 1.29 is 24.1 Å². The number of aliphatic hydroxyl groups is 1. The van der Waals surface area contributed by atoms with Gasteiger partial charge in [-0.2, -0.15) is 0 Å². The SMILES string of the molecule is COc1ccc(COC[C@H]2OC3(CCCC3)O[C@@H]2CO)cc1. The topological polar surface area (TPSA) is 57.2 Å². The van der Waals surface area contributed by atoms with Crippen molar-refractivity contribution in [2.24, 2.45) is 0 Å². The van der Waals surface area contributed by atoms with Gasteiger partial charge < -0.3 is 24.1 Å². The molecule has 1 heterocycles. The van der Waals surface area contributed by atoms with Gasteiger partial charge in [0.2, 0.25) is 0 Å². The molecule has 1 aliphatic heterocycles. The van der Waals surface area contributed by atoms with E-state index in [1.807, 2.05) is 24.3 Å². The molecule has 1 N–H and O–H groups in total. The number of rotatable bonds is 6. The second kappa shape index (κ2) is 6.96. The van der Waals surface area contributed by atoms with Gasteiger partial charge in [-0.05, 0) is 30.5 Å². The predicted octanol–water partition coefficient (Wildman–Crippen LogP) is 2.26. The van der Waals surface area contributed by atoms with Crippen LogP contribution in [0.1, 0.15) is 31.2 Å². The minimum absolute atomic E-state index is 0.0295. The maximum absolute atomic E-state index is 9.48. The van der Waals surface area contributed by atoms with Crippen molar-refractivity contribution in [3.63, 3.8) is 0 Å². The van der Waals surface area contributed by atoms with Crippen molar-refractivity contribution in [3.8, 4) is 5.75 Å². The van der Waals surface area contributed by atoms with Crippen LogP contribution in [0.4, 0.5) is 0 Å². The first kappa shape index (κ1) is 15.7. The van der Waals surface area contributed by atoms with Gasteiger partial charge >= 0.3 is 0 Å². The molecule has 0 bridgehead atoms. The molecule has 2 fully saturated rings. The summed E-state index contributed by atoms with van der Waals surface area (Å²) in [6, 6.07) is 7.79. The molecule has 0 aromatic heterocycles. The van der Waals surface area contributed by atoms with E-state index in [0.717, 1.165) is 37.0 Å². The maximum atomic E-state index is 9.48.